The minimum absolute atomic E-state index is 0.201. The first kappa shape index (κ1) is 12.8. The van der Waals surface area contributed by atoms with Crippen molar-refractivity contribution in [1.29, 1.82) is 0 Å². The van der Waals surface area contributed by atoms with Crippen LogP contribution in [0.25, 0.3) is 0 Å². The van der Waals surface area contributed by atoms with Crippen LogP contribution in [-0.4, -0.2) is 49.6 Å². The summed E-state index contributed by atoms with van der Waals surface area (Å²) in [5.74, 6) is 1.75. The van der Waals surface area contributed by atoms with Gasteiger partial charge in [-0.3, -0.25) is 9.69 Å². The van der Waals surface area contributed by atoms with Crippen molar-refractivity contribution in [1.82, 2.24) is 15.5 Å². The number of hydrogen-bond acceptors (Lipinski definition) is 3. The number of carbonyl (C=O) groups is 1. The van der Waals surface area contributed by atoms with Crippen LogP contribution < -0.4 is 10.6 Å². The van der Waals surface area contributed by atoms with Crippen molar-refractivity contribution in [3.63, 3.8) is 0 Å². The quantitative estimate of drug-likeness (QED) is 0.732. The number of likely N-dealkylation sites (tertiary alicyclic amines) is 1. The monoisotopic (exact) mass is 239 g/mol. The lowest BCUT2D eigenvalue weighted by molar-refractivity contribution is -0.122. The second-order valence-corrected chi connectivity index (χ2v) is 5.45. The Labute approximate surface area is 104 Å². The van der Waals surface area contributed by atoms with E-state index in [1.807, 2.05) is 0 Å². The first-order valence-electron chi connectivity index (χ1n) is 6.95. The van der Waals surface area contributed by atoms with E-state index in [1.165, 1.54) is 0 Å². The van der Waals surface area contributed by atoms with Crippen molar-refractivity contribution in [3.8, 4) is 0 Å². The molecule has 1 amide bonds. The zero-order valence-corrected chi connectivity index (χ0v) is 11.0. The molecule has 2 saturated heterocycles. The van der Waals surface area contributed by atoms with E-state index in [1.54, 1.807) is 0 Å². The van der Waals surface area contributed by atoms with E-state index < -0.39 is 0 Å². The van der Waals surface area contributed by atoms with Crippen molar-refractivity contribution in [2.45, 2.75) is 32.7 Å². The summed E-state index contributed by atoms with van der Waals surface area (Å²) in [7, 11) is 0. The van der Waals surface area contributed by atoms with Crippen LogP contribution in [-0.2, 0) is 4.79 Å². The number of nitrogens with one attached hydrogen (secondary N) is 2. The lowest BCUT2D eigenvalue weighted by Gasteiger charge is -2.19. The van der Waals surface area contributed by atoms with Gasteiger partial charge in [0.15, 0.2) is 0 Å². The van der Waals surface area contributed by atoms with Crippen molar-refractivity contribution >= 4 is 5.91 Å². The Kier molecular flexibility index (Phi) is 4.40. The van der Waals surface area contributed by atoms with E-state index in [2.05, 4.69) is 29.4 Å². The van der Waals surface area contributed by atoms with Gasteiger partial charge in [-0.2, -0.15) is 0 Å². The fourth-order valence-electron chi connectivity index (χ4n) is 3.05. The van der Waals surface area contributed by atoms with Gasteiger partial charge in [0.05, 0.1) is 6.54 Å². The minimum Gasteiger partial charge on any atom is -0.352 e. The van der Waals surface area contributed by atoms with E-state index in [0.717, 1.165) is 50.9 Å². The van der Waals surface area contributed by atoms with Crippen LogP contribution in [0.2, 0.25) is 0 Å². The molecule has 0 aromatic rings. The summed E-state index contributed by atoms with van der Waals surface area (Å²) in [6.07, 6.45) is 2.05. The van der Waals surface area contributed by atoms with Gasteiger partial charge >= 0.3 is 0 Å². The molecule has 2 unspecified atom stereocenters. The molecule has 0 aliphatic carbocycles. The molecule has 2 rings (SSSR count). The smallest absolute Gasteiger partial charge is 0.234 e. The second-order valence-electron chi connectivity index (χ2n) is 5.45. The second kappa shape index (κ2) is 5.83. The Hall–Kier alpha value is -0.610. The van der Waals surface area contributed by atoms with Crippen LogP contribution in [0.1, 0.15) is 26.7 Å². The molecule has 2 aliphatic heterocycles. The van der Waals surface area contributed by atoms with Crippen molar-refractivity contribution in [3.05, 3.63) is 0 Å². The predicted octanol–water partition coefficient (Wildman–Crippen LogP) is 0.442. The Morgan fingerprint density at radius 1 is 1.29 bits per heavy atom. The fraction of sp³-hybridized carbons (Fsp3) is 0.923. The molecule has 4 heteroatoms. The zero-order chi connectivity index (χ0) is 12.3. The van der Waals surface area contributed by atoms with E-state index in [-0.39, 0.29) is 5.91 Å². The van der Waals surface area contributed by atoms with Crippen LogP contribution in [0.5, 0.6) is 0 Å². The SMILES string of the molecule is CCC(CC)NC(=O)CN1CC2CNCC2C1. The maximum absolute atomic E-state index is 11.9. The van der Waals surface area contributed by atoms with E-state index in [0.29, 0.717) is 12.6 Å². The standard InChI is InChI=1S/C13H25N3O/c1-3-12(4-2)15-13(17)9-16-7-10-5-14-6-11(10)8-16/h10-12,14H,3-9H2,1-2H3,(H,15,17). The third-order valence-corrected chi connectivity index (χ3v) is 4.18. The van der Waals surface area contributed by atoms with Gasteiger partial charge < -0.3 is 10.6 Å². The predicted molar refractivity (Wildman–Crippen MR) is 68.8 cm³/mol. The molecule has 0 aromatic heterocycles. The van der Waals surface area contributed by atoms with Crippen LogP contribution >= 0.6 is 0 Å². The molecule has 17 heavy (non-hydrogen) atoms. The molecule has 2 atom stereocenters. The van der Waals surface area contributed by atoms with Crippen LogP contribution in [0, 0.1) is 11.8 Å². The average molecular weight is 239 g/mol. The largest absolute Gasteiger partial charge is 0.352 e. The Morgan fingerprint density at radius 3 is 2.41 bits per heavy atom. The molecule has 2 aliphatic rings. The molecule has 0 aromatic carbocycles. The number of fused-ring (bicyclic) bond motifs is 1. The molecule has 2 heterocycles. The average Bonchev–Trinajstić information content (AvgIpc) is 2.86. The molecular weight excluding hydrogens is 214 g/mol. The van der Waals surface area contributed by atoms with Gasteiger partial charge in [0.1, 0.15) is 0 Å². The Bertz CT molecular complexity index is 253. The van der Waals surface area contributed by atoms with Gasteiger partial charge in [-0.25, -0.2) is 0 Å². The third kappa shape index (κ3) is 3.19. The lowest BCUT2D eigenvalue weighted by atomic mass is 10.0. The lowest BCUT2D eigenvalue weighted by Crippen LogP contribution is -2.41. The van der Waals surface area contributed by atoms with Crippen molar-refractivity contribution in [2.75, 3.05) is 32.7 Å². The molecule has 4 nitrogen and oxygen atoms in total. The normalized spacial score (nSPS) is 28.6. The highest BCUT2D eigenvalue weighted by molar-refractivity contribution is 5.78. The maximum Gasteiger partial charge on any atom is 0.234 e. The van der Waals surface area contributed by atoms with Gasteiger partial charge in [-0.15, -0.1) is 0 Å². The molecule has 2 fully saturated rings. The van der Waals surface area contributed by atoms with Crippen LogP contribution in [0.4, 0.5) is 0 Å². The van der Waals surface area contributed by atoms with Gasteiger partial charge in [-0.1, -0.05) is 13.8 Å². The van der Waals surface area contributed by atoms with Crippen molar-refractivity contribution in [2.24, 2.45) is 11.8 Å². The molecular formula is C13H25N3O. The van der Waals surface area contributed by atoms with Crippen molar-refractivity contribution < 1.29 is 4.79 Å². The number of hydrogen-bond donors (Lipinski definition) is 2. The number of carbonyl (C=O) groups excluding carboxylic acids is 1. The molecule has 0 spiro atoms. The van der Waals surface area contributed by atoms with Gasteiger partial charge in [0.25, 0.3) is 0 Å². The van der Waals surface area contributed by atoms with Crippen LogP contribution in [0.15, 0.2) is 0 Å². The molecule has 0 bridgehead atoms. The summed E-state index contributed by atoms with van der Waals surface area (Å²) in [5.41, 5.74) is 0. The summed E-state index contributed by atoms with van der Waals surface area (Å²) in [5, 5.41) is 6.53. The Balaban J connectivity index is 1.72. The first-order chi connectivity index (χ1) is 8.22. The molecule has 2 N–H and O–H groups in total. The number of amides is 1. The van der Waals surface area contributed by atoms with Gasteiger partial charge in [0.2, 0.25) is 5.91 Å². The summed E-state index contributed by atoms with van der Waals surface area (Å²) >= 11 is 0. The summed E-state index contributed by atoms with van der Waals surface area (Å²) in [6, 6.07) is 0.353. The highest BCUT2D eigenvalue weighted by Gasteiger charge is 2.36. The summed E-state index contributed by atoms with van der Waals surface area (Å²) in [6.45, 7) is 9.29. The number of rotatable bonds is 5. The topological polar surface area (TPSA) is 44.4 Å². The Morgan fingerprint density at radius 2 is 1.88 bits per heavy atom. The van der Waals surface area contributed by atoms with E-state index in [9.17, 15) is 4.79 Å². The molecule has 0 saturated carbocycles. The molecule has 98 valence electrons. The first-order valence-corrected chi connectivity index (χ1v) is 6.95. The van der Waals surface area contributed by atoms with E-state index >= 15 is 0 Å². The van der Waals surface area contributed by atoms with Gasteiger partial charge in [-0.05, 0) is 37.8 Å². The maximum atomic E-state index is 11.9. The van der Waals surface area contributed by atoms with E-state index in [4.69, 9.17) is 0 Å². The highest BCUT2D eigenvalue weighted by Crippen LogP contribution is 2.25. The number of nitrogens with zero attached hydrogens (tertiary/aromatic N) is 1. The zero-order valence-electron chi connectivity index (χ0n) is 11.0. The molecule has 0 radical (unpaired) electrons. The third-order valence-electron chi connectivity index (χ3n) is 4.18. The van der Waals surface area contributed by atoms with Crippen LogP contribution in [0.3, 0.4) is 0 Å². The van der Waals surface area contributed by atoms with Gasteiger partial charge in [0, 0.05) is 19.1 Å². The minimum atomic E-state index is 0.201. The summed E-state index contributed by atoms with van der Waals surface area (Å²) in [4.78, 5) is 14.2. The summed E-state index contributed by atoms with van der Waals surface area (Å²) < 4.78 is 0. The fourth-order valence-corrected chi connectivity index (χ4v) is 3.05. The highest BCUT2D eigenvalue weighted by atomic mass is 16.2.